The Labute approximate surface area is 228 Å². The second-order valence-corrected chi connectivity index (χ2v) is 12.6. The summed E-state index contributed by atoms with van der Waals surface area (Å²) in [7, 11) is 0. The Morgan fingerprint density at radius 2 is 1.64 bits per heavy atom. The van der Waals surface area contributed by atoms with E-state index in [0.29, 0.717) is 16.9 Å². The van der Waals surface area contributed by atoms with Crippen LogP contribution in [0.1, 0.15) is 88.2 Å². The van der Waals surface area contributed by atoms with Crippen molar-refractivity contribution in [2.75, 3.05) is 5.32 Å². The summed E-state index contributed by atoms with van der Waals surface area (Å²) in [5, 5.41) is 12.1. The Morgan fingerprint density at radius 1 is 1.03 bits per heavy atom. The van der Waals surface area contributed by atoms with Crippen molar-refractivity contribution < 1.29 is 19.1 Å². The summed E-state index contributed by atoms with van der Waals surface area (Å²) < 4.78 is 13.9. The summed E-state index contributed by atoms with van der Waals surface area (Å²) in [5.74, 6) is 0.587. The van der Waals surface area contributed by atoms with Crippen LogP contribution >= 0.6 is 0 Å². The van der Waals surface area contributed by atoms with E-state index in [1.807, 2.05) is 0 Å². The topological polar surface area (TPSA) is 95.1 Å². The number of carbonyl (C=O) groups is 2. The van der Waals surface area contributed by atoms with Gasteiger partial charge in [0.1, 0.15) is 17.3 Å². The highest BCUT2D eigenvalue weighted by atomic mass is 19.1. The van der Waals surface area contributed by atoms with E-state index in [4.69, 9.17) is 4.98 Å². The first-order valence-electron chi connectivity index (χ1n) is 14.1. The first kappa shape index (κ1) is 25.8. The first-order valence-corrected chi connectivity index (χ1v) is 14.1. The molecule has 0 spiro atoms. The highest BCUT2D eigenvalue weighted by Gasteiger charge is 2.50. The number of aromatic carboxylic acids is 1. The minimum atomic E-state index is -1.38. The number of imidazole rings is 1. The van der Waals surface area contributed by atoms with Crippen molar-refractivity contribution in [1.82, 2.24) is 9.97 Å². The molecule has 6 nitrogen and oxygen atoms in total. The fourth-order valence-electron chi connectivity index (χ4n) is 8.39. The van der Waals surface area contributed by atoms with Crippen LogP contribution in [0.15, 0.2) is 30.3 Å². The van der Waals surface area contributed by atoms with Crippen molar-refractivity contribution in [2.45, 2.75) is 72.1 Å². The standard InChI is InChI=1S/C32H36FN3O3/c1-17-8-18(2)27(19(3)9-17)29-35-26(6-7-32-14-20-10-21(15-32)12-22(11-20)16-32)28(36-29)30(37)34-23-4-5-25(33)24(13-23)31(38)39/h4-5,8-9,13,20-22H,6-7,10-12,14-16H2,1-3H3,(H,34,37)(H,35,36)(H,38,39). The molecule has 4 aliphatic rings. The number of anilines is 1. The highest BCUT2D eigenvalue weighted by Crippen LogP contribution is 2.61. The number of aromatic nitrogens is 2. The summed E-state index contributed by atoms with van der Waals surface area (Å²) in [6.45, 7) is 6.17. The number of amides is 1. The van der Waals surface area contributed by atoms with E-state index in [2.05, 4.69) is 43.2 Å². The zero-order valence-electron chi connectivity index (χ0n) is 22.9. The monoisotopic (exact) mass is 529 g/mol. The largest absolute Gasteiger partial charge is 0.478 e. The van der Waals surface area contributed by atoms with Gasteiger partial charge in [0.05, 0.1) is 5.56 Å². The molecule has 4 fully saturated rings. The SMILES string of the molecule is Cc1cc(C)c(-c2nc(C(=O)Nc3ccc(F)c(C(=O)O)c3)c(CCC34CC5CC(CC(C5)C3)C4)[nH]2)c(C)c1. The molecular weight excluding hydrogens is 493 g/mol. The second kappa shape index (κ2) is 9.61. The maximum absolute atomic E-state index is 13.9. The third-order valence-corrected chi connectivity index (χ3v) is 9.43. The number of nitrogens with zero attached hydrogens (tertiary/aromatic N) is 1. The predicted molar refractivity (Wildman–Crippen MR) is 148 cm³/mol. The molecule has 3 aromatic rings. The summed E-state index contributed by atoms with van der Waals surface area (Å²) in [6, 6.07) is 7.81. The number of hydrogen-bond donors (Lipinski definition) is 3. The fraction of sp³-hybridized carbons (Fsp3) is 0.469. The number of aryl methyl sites for hydroxylation is 4. The number of nitrogens with one attached hydrogen (secondary N) is 2. The maximum Gasteiger partial charge on any atom is 0.338 e. The number of H-pyrrole nitrogens is 1. The van der Waals surface area contributed by atoms with Gasteiger partial charge >= 0.3 is 5.97 Å². The van der Waals surface area contributed by atoms with Gasteiger partial charge in [0, 0.05) is 16.9 Å². The van der Waals surface area contributed by atoms with Gasteiger partial charge in [-0.2, -0.15) is 0 Å². The van der Waals surface area contributed by atoms with Crippen LogP contribution in [0.4, 0.5) is 10.1 Å². The van der Waals surface area contributed by atoms with Crippen LogP contribution in [0.2, 0.25) is 0 Å². The fourth-order valence-corrected chi connectivity index (χ4v) is 8.39. The number of halogens is 1. The van der Waals surface area contributed by atoms with Crippen LogP contribution in [0.3, 0.4) is 0 Å². The van der Waals surface area contributed by atoms with E-state index in [-0.39, 0.29) is 5.69 Å². The lowest BCUT2D eigenvalue weighted by Crippen LogP contribution is -2.46. The highest BCUT2D eigenvalue weighted by molar-refractivity contribution is 6.04. The number of hydrogen-bond acceptors (Lipinski definition) is 3. The van der Waals surface area contributed by atoms with Crippen molar-refractivity contribution >= 4 is 17.6 Å². The van der Waals surface area contributed by atoms with Crippen LogP contribution in [0, 0.1) is 49.8 Å². The molecule has 0 unspecified atom stereocenters. The molecule has 204 valence electrons. The van der Waals surface area contributed by atoms with Crippen LogP contribution < -0.4 is 5.32 Å². The molecule has 0 saturated heterocycles. The van der Waals surface area contributed by atoms with Gasteiger partial charge in [-0.15, -0.1) is 0 Å². The summed E-state index contributed by atoms with van der Waals surface area (Å²) >= 11 is 0. The van der Waals surface area contributed by atoms with Gasteiger partial charge in [0.15, 0.2) is 0 Å². The molecule has 0 aliphatic heterocycles. The van der Waals surface area contributed by atoms with Crippen molar-refractivity contribution in [1.29, 1.82) is 0 Å². The normalized spacial score (nSPS) is 25.2. The van der Waals surface area contributed by atoms with Gasteiger partial charge in [-0.3, -0.25) is 4.79 Å². The van der Waals surface area contributed by atoms with E-state index < -0.39 is 23.3 Å². The summed E-state index contributed by atoms with van der Waals surface area (Å²) in [6.07, 6.45) is 9.83. The number of carboxylic acids is 1. The van der Waals surface area contributed by atoms with Crippen LogP contribution in [0.5, 0.6) is 0 Å². The van der Waals surface area contributed by atoms with E-state index >= 15 is 0 Å². The Kier molecular flexibility index (Phi) is 6.35. The van der Waals surface area contributed by atoms with Crippen LogP contribution in [-0.4, -0.2) is 27.0 Å². The van der Waals surface area contributed by atoms with Crippen molar-refractivity contribution in [3.8, 4) is 11.4 Å². The van der Waals surface area contributed by atoms with Gasteiger partial charge in [0.2, 0.25) is 0 Å². The average Bonchev–Trinajstić information content (AvgIpc) is 3.26. The third-order valence-electron chi connectivity index (χ3n) is 9.43. The molecule has 0 radical (unpaired) electrons. The Bertz CT molecular complexity index is 1410. The molecule has 1 aromatic heterocycles. The van der Waals surface area contributed by atoms with Gasteiger partial charge in [-0.1, -0.05) is 17.7 Å². The molecular formula is C32H36FN3O3. The van der Waals surface area contributed by atoms with Crippen molar-refractivity contribution in [3.05, 3.63) is 69.8 Å². The molecule has 4 aliphatic carbocycles. The molecule has 1 heterocycles. The third kappa shape index (κ3) is 4.88. The minimum absolute atomic E-state index is 0.220. The molecule has 0 atom stereocenters. The molecule has 7 rings (SSSR count). The number of carbonyl (C=O) groups excluding carboxylic acids is 1. The molecule has 39 heavy (non-hydrogen) atoms. The summed E-state index contributed by atoms with van der Waals surface area (Å²) in [5.41, 5.74) is 5.55. The lowest BCUT2D eigenvalue weighted by atomic mass is 9.48. The smallest absolute Gasteiger partial charge is 0.338 e. The van der Waals surface area contributed by atoms with Gasteiger partial charge in [0.25, 0.3) is 5.91 Å². The number of benzene rings is 2. The lowest BCUT2D eigenvalue weighted by Gasteiger charge is -2.57. The predicted octanol–water partition coefficient (Wildman–Crippen LogP) is 7.24. The van der Waals surface area contributed by atoms with E-state index in [0.717, 1.165) is 65.1 Å². The zero-order valence-corrected chi connectivity index (χ0v) is 22.9. The molecule has 4 saturated carbocycles. The van der Waals surface area contributed by atoms with Gasteiger partial charge in [-0.05, 0) is 125 Å². The minimum Gasteiger partial charge on any atom is -0.478 e. The van der Waals surface area contributed by atoms with Crippen LogP contribution in [0.25, 0.3) is 11.4 Å². The van der Waals surface area contributed by atoms with Crippen molar-refractivity contribution in [2.24, 2.45) is 23.2 Å². The van der Waals surface area contributed by atoms with Gasteiger partial charge < -0.3 is 15.4 Å². The molecule has 4 bridgehead atoms. The molecule has 2 aromatic carbocycles. The zero-order chi connectivity index (χ0) is 27.5. The Balaban J connectivity index is 1.32. The van der Waals surface area contributed by atoms with Crippen LogP contribution in [-0.2, 0) is 6.42 Å². The molecule has 7 heteroatoms. The van der Waals surface area contributed by atoms with E-state index in [1.165, 1.54) is 50.2 Å². The molecule has 1 amide bonds. The first-order chi connectivity index (χ1) is 18.6. The number of rotatable bonds is 7. The number of carboxylic acid groups (broad SMARTS) is 1. The quantitative estimate of drug-likeness (QED) is 0.301. The van der Waals surface area contributed by atoms with E-state index in [1.54, 1.807) is 0 Å². The average molecular weight is 530 g/mol. The van der Waals surface area contributed by atoms with E-state index in [9.17, 15) is 19.1 Å². The van der Waals surface area contributed by atoms with Gasteiger partial charge in [-0.25, -0.2) is 14.2 Å². The Morgan fingerprint density at radius 3 is 2.23 bits per heavy atom. The number of aromatic amines is 1. The lowest BCUT2D eigenvalue weighted by molar-refractivity contribution is -0.0570. The molecule has 3 N–H and O–H groups in total. The maximum atomic E-state index is 13.9. The second-order valence-electron chi connectivity index (χ2n) is 12.6. The summed E-state index contributed by atoms with van der Waals surface area (Å²) in [4.78, 5) is 33.3. The Hall–Kier alpha value is -3.48. The van der Waals surface area contributed by atoms with Crippen molar-refractivity contribution in [3.63, 3.8) is 0 Å².